The van der Waals surface area contributed by atoms with E-state index in [0.717, 1.165) is 0 Å². The van der Waals surface area contributed by atoms with Crippen LogP contribution in [0, 0.1) is 0 Å². The molecular weight excluding hydrogens is 154 g/mol. The Morgan fingerprint density at radius 2 is 1.50 bits per heavy atom. The smallest absolute Gasteiger partial charge is 0.128 e. The number of nitrogens with two attached hydrogens (primary N) is 1. The molecule has 0 atom stereocenters. The number of hydrogen-bond donors (Lipinski definition) is 4. The first kappa shape index (κ1) is 10.0. The molecule has 0 aromatic carbocycles. The Kier molecular flexibility index (Phi) is 15.6. The van der Waals surface area contributed by atoms with Gasteiger partial charge >= 0.3 is 0 Å². The van der Waals surface area contributed by atoms with Crippen molar-refractivity contribution in [1.29, 1.82) is 0 Å². The molecular formula is CH5NS4. The summed E-state index contributed by atoms with van der Waals surface area (Å²) in [6.07, 6.45) is 0. The van der Waals surface area contributed by atoms with E-state index in [-0.39, 0.29) is 4.32 Å². The van der Waals surface area contributed by atoms with Crippen LogP contribution in [0.3, 0.4) is 0 Å². The molecule has 0 aliphatic rings. The average molecular weight is 159 g/mol. The third-order valence-electron chi connectivity index (χ3n) is 0. The lowest BCUT2D eigenvalue weighted by Gasteiger charge is -1.64. The van der Waals surface area contributed by atoms with Crippen molar-refractivity contribution in [3.05, 3.63) is 0 Å². The highest BCUT2D eigenvalue weighted by Crippen LogP contribution is 1.65. The second-order valence-corrected chi connectivity index (χ2v) is 1.56. The van der Waals surface area contributed by atoms with E-state index in [2.05, 4.69) is 48.2 Å². The summed E-state index contributed by atoms with van der Waals surface area (Å²) >= 11 is 14.1. The van der Waals surface area contributed by atoms with Gasteiger partial charge in [0.1, 0.15) is 4.32 Å². The summed E-state index contributed by atoms with van der Waals surface area (Å²) in [5.41, 5.74) is 4.71. The zero-order valence-corrected chi connectivity index (χ0v) is 6.33. The minimum atomic E-state index is 0.194. The van der Waals surface area contributed by atoms with Gasteiger partial charge in [-0.05, 0) is 0 Å². The van der Waals surface area contributed by atoms with Gasteiger partial charge in [-0.3, -0.25) is 0 Å². The summed E-state index contributed by atoms with van der Waals surface area (Å²) in [6, 6.07) is 0. The highest BCUT2D eigenvalue weighted by atomic mass is 33.1. The van der Waals surface area contributed by atoms with Gasteiger partial charge in [-0.2, -0.15) is 0 Å². The van der Waals surface area contributed by atoms with E-state index in [4.69, 9.17) is 5.73 Å². The monoisotopic (exact) mass is 159 g/mol. The lowest BCUT2D eigenvalue weighted by Crippen LogP contribution is -1.94. The molecule has 0 aliphatic carbocycles. The van der Waals surface area contributed by atoms with Gasteiger partial charge in [0.05, 0.1) is 0 Å². The second-order valence-electron chi connectivity index (χ2n) is 0.338. The largest absolute Gasteiger partial charge is 0.385 e. The van der Waals surface area contributed by atoms with Gasteiger partial charge in [0.15, 0.2) is 0 Å². The van der Waals surface area contributed by atoms with Crippen LogP contribution in [0.4, 0.5) is 0 Å². The normalized spacial score (nSPS) is 5.17. The molecule has 0 unspecified atom stereocenters. The fourth-order valence-electron chi connectivity index (χ4n) is 0. The molecule has 0 saturated carbocycles. The van der Waals surface area contributed by atoms with E-state index in [1.807, 2.05) is 0 Å². The summed E-state index contributed by atoms with van der Waals surface area (Å²) in [7, 11) is 0. The maximum atomic E-state index is 4.71. The van der Waals surface area contributed by atoms with Gasteiger partial charge in [0, 0.05) is 0 Å². The molecule has 0 aliphatic heterocycles. The van der Waals surface area contributed by atoms with Crippen LogP contribution in [0.1, 0.15) is 0 Å². The lowest BCUT2D eigenvalue weighted by atomic mass is 11.5. The maximum absolute atomic E-state index is 4.71. The molecule has 5 heteroatoms. The van der Waals surface area contributed by atoms with Crippen LogP contribution >= 0.6 is 48.2 Å². The molecule has 0 heterocycles. The summed E-state index contributed by atoms with van der Waals surface area (Å²) in [6.45, 7) is 0. The van der Waals surface area contributed by atoms with Gasteiger partial charge < -0.3 is 5.73 Å². The highest BCUT2D eigenvalue weighted by molar-refractivity contribution is 8.59. The Bertz CT molecular complexity index is 30.5. The van der Waals surface area contributed by atoms with Gasteiger partial charge in [-0.1, -0.05) is 12.2 Å². The molecule has 0 aromatic rings. The zero-order valence-electron chi connectivity index (χ0n) is 2.83. The summed E-state index contributed by atoms with van der Waals surface area (Å²) < 4.78 is 0.194. The topological polar surface area (TPSA) is 26.0 Å². The van der Waals surface area contributed by atoms with E-state index in [9.17, 15) is 0 Å². The van der Waals surface area contributed by atoms with E-state index >= 15 is 0 Å². The van der Waals surface area contributed by atoms with Crippen LogP contribution < -0.4 is 5.73 Å². The van der Waals surface area contributed by atoms with Crippen LogP contribution in [0.15, 0.2) is 0 Å². The average Bonchev–Trinajstić information content (AvgIpc) is 1.41. The molecule has 0 aromatic heterocycles. The van der Waals surface area contributed by atoms with Crippen molar-refractivity contribution in [2.75, 3.05) is 0 Å². The number of thiol groups is 3. The molecule has 6 heavy (non-hydrogen) atoms. The first-order chi connectivity index (χ1) is 2.73. The van der Waals surface area contributed by atoms with Crippen LogP contribution in [0.2, 0.25) is 0 Å². The second kappa shape index (κ2) is 9.34. The van der Waals surface area contributed by atoms with Crippen LogP contribution in [-0.2, 0) is 0 Å². The molecule has 38 valence electrons. The fraction of sp³-hybridized carbons (Fsp3) is 0. The van der Waals surface area contributed by atoms with E-state index < -0.39 is 0 Å². The third-order valence-corrected chi connectivity index (χ3v) is 0. The SMILES string of the molecule is NC(=S)S.SS. The van der Waals surface area contributed by atoms with Gasteiger partial charge in [0.25, 0.3) is 0 Å². The highest BCUT2D eigenvalue weighted by Gasteiger charge is 1.55. The van der Waals surface area contributed by atoms with Crippen molar-refractivity contribution in [2.45, 2.75) is 0 Å². The zero-order chi connectivity index (χ0) is 5.58. The number of hydrogen-bond acceptors (Lipinski definition) is 3. The minimum Gasteiger partial charge on any atom is -0.385 e. The Hall–Kier alpha value is 0.940. The van der Waals surface area contributed by atoms with Crippen LogP contribution in [0.5, 0.6) is 0 Å². The Morgan fingerprint density at radius 1 is 1.50 bits per heavy atom. The molecule has 0 fully saturated rings. The fourth-order valence-corrected chi connectivity index (χ4v) is 0. The third kappa shape index (κ3) is 86.8. The van der Waals surface area contributed by atoms with Gasteiger partial charge in [0.2, 0.25) is 0 Å². The summed E-state index contributed by atoms with van der Waals surface area (Å²) in [4.78, 5) is 0. The van der Waals surface area contributed by atoms with Crippen molar-refractivity contribution < 1.29 is 0 Å². The first-order valence-electron chi connectivity index (χ1n) is 0.916. The Balaban J connectivity index is 0. The maximum Gasteiger partial charge on any atom is 0.128 e. The Morgan fingerprint density at radius 3 is 1.50 bits per heavy atom. The first-order valence-corrected chi connectivity index (χ1v) is 3.37. The molecule has 0 rings (SSSR count). The lowest BCUT2D eigenvalue weighted by molar-refractivity contribution is 1.91. The van der Waals surface area contributed by atoms with Crippen molar-refractivity contribution in [3.8, 4) is 0 Å². The molecule has 0 spiro atoms. The number of rotatable bonds is 0. The van der Waals surface area contributed by atoms with Crippen molar-refractivity contribution >= 4 is 52.5 Å². The van der Waals surface area contributed by atoms with E-state index in [1.165, 1.54) is 0 Å². The predicted octanol–water partition coefficient (Wildman–Crippen LogP) is 0.921. The van der Waals surface area contributed by atoms with Crippen molar-refractivity contribution in [3.63, 3.8) is 0 Å². The van der Waals surface area contributed by atoms with Crippen LogP contribution in [0.25, 0.3) is 0 Å². The minimum absolute atomic E-state index is 0.194. The quantitative estimate of drug-likeness (QED) is 0.240. The molecule has 0 radical (unpaired) electrons. The summed E-state index contributed by atoms with van der Waals surface area (Å²) in [5, 5.41) is 0. The molecule has 0 saturated heterocycles. The van der Waals surface area contributed by atoms with Crippen molar-refractivity contribution in [2.24, 2.45) is 5.73 Å². The van der Waals surface area contributed by atoms with Gasteiger partial charge in [-0.15, -0.1) is 36.0 Å². The van der Waals surface area contributed by atoms with Crippen molar-refractivity contribution in [1.82, 2.24) is 0 Å². The Labute approximate surface area is 58.3 Å². The standard InChI is InChI=1S/CH3NS2.H2S2/c2-1(3)4;1-2/h(H3,2,3,4);1-2H. The van der Waals surface area contributed by atoms with E-state index in [0.29, 0.717) is 0 Å². The molecule has 2 N–H and O–H groups in total. The van der Waals surface area contributed by atoms with E-state index in [1.54, 1.807) is 0 Å². The van der Waals surface area contributed by atoms with Gasteiger partial charge in [-0.25, -0.2) is 0 Å². The molecule has 0 amide bonds. The molecule has 1 nitrogen and oxygen atoms in total. The summed E-state index contributed by atoms with van der Waals surface area (Å²) in [5.74, 6) is 0. The van der Waals surface area contributed by atoms with Crippen LogP contribution in [-0.4, -0.2) is 4.32 Å². The number of thiocarbonyl (C=S) groups is 1. The molecule has 0 bridgehead atoms. The predicted molar refractivity (Wildman–Crippen MR) is 43.7 cm³/mol.